The molecule has 0 amide bonds. The van der Waals surface area contributed by atoms with Gasteiger partial charge in [-0.1, -0.05) is 61.5 Å². The molecule has 3 heteroatoms. The van der Waals surface area contributed by atoms with Crippen LogP contribution in [0.3, 0.4) is 0 Å². The highest BCUT2D eigenvalue weighted by Gasteiger charge is 2.38. The maximum atomic E-state index is 14.6. The lowest BCUT2D eigenvalue weighted by atomic mass is 9.78. The van der Waals surface area contributed by atoms with Gasteiger partial charge in [-0.15, -0.1) is 0 Å². The number of rotatable bonds is 5. The van der Waals surface area contributed by atoms with Crippen LogP contribution in [0.25, 0.3) is 11.1 Å². The highest BCUT2D eigenvalue weighted by Crippen LogP contribution is 2.33. The van der Waals surface area contributed by atoms with Crippen molar-refractivity contribution in [2.24, 2.45) is 5.41 Å². The summed E-state index contributed by atoms with van der Waals surface area (Å²) in [7, 11) is 1.90. The molecule has 0 aromatic heterocycles. The number of alkyl halides is 1. The van der Waals surface area contributed by atoms with Crippen molar-refractivity contribution in [3.05, 3.63) is 60.2 Å². The second-order valence-electron chi connectivity index (χ2n) is 7.20. The molecule has 3 rings (SSSR count). The zero-order chi connectivity index (χ0) is 17.0. The molecule has 2 aromatic rings. The number of piperidine rings is 1. The van der Waals surface area contributed by atoms with Crippen molar-refractivity contribution in [2.45, 2.75) is 26.1 Å². The van der Waals surface area contributed by atoms with E-state index in [9.17, 15) is 4.39 Å². The molecule has 2 nitrogen and oxygen atoms in total. The molecule has 0 bridgehead atoms. The van der Waals surface area contributed by atoms with Crippen molar-refractivity contribution in [1.82, 2.24) is 10.2 Å². The fourth-order valence-electron chi connectivity index (χ4n) is 3.55. The molecule has 1 aliphatic heterocycles. The smallest absolute Gasteiger partial charge is 0.119 e. The molecule has 2 aromatic carbocycles. The maximum Gasteiger partial charge on any atom is 0.119 e. The number of nitrogens with one attached hydrogen (secondary N) is 1. The monoisotopic (exact) mass is 326 g/mol. The molecule has 1 aliphatic rings. The standard InChI is InChI=1S/C21H27FN2/c1-21(16-23-2)12-13-24(15-20(21)22)14-17-8-10-19(11-9-17)18-6-4-3-5-7-18/h3-11,20,23H,12-16H2,1-2H3/t20-,21+/m1/s1. The van der Waals surface area contributed by atoms with Gasteiger partial charge in [-0.05, 0) is 36.7 Å². The van der Waals surface area contributed by atoms with Gasteiger partial charge in [0, 0.05) is 25.0 Å². The zero-order valence-corrected chi connectivity index (χ0v) is 14.6. The molecule has 0 aliphatic carbocycles. The number of benzene rings is 2. The molecule has 0 saturated carbocycles. The molecule has 0 unspecified atom stereocenters. The SMILES string of the molecule is CNC[C@]1(C)CCN(Cc2ccc(-c3ccccc3)cc2)C[C@H]1F. The number of nitrogens with zero attached hydrogens (tertiary/aromatic N) is 1. The van der Waals surface area contributed by atoms with Gasteiger partial charge in [0.05, 0.1) is 0 Å². The second kappa shape index (κ2) is 7.45. The van der Waals surface area contributed by atoms with Crippen molar-refractivity contribution >= 4 is 0 Å². The van der Waals surface area contributed by atoms with E-state index in [1.165, 1.54) is 16.7 Å². The molecular formula is C21H27FN2. The lowest BCUT2D eigenvalue weighted by Crippen LogP contribution is -2.50. The van der Waals surface area contributed by atoms with E-state index in [0.29, 0.717) is 6.54 Å². The first-order chi connectivity index (χ1) is 11.6. The third kappa shape index (κ3) is 3.85. The maximum absolute atomic E-state index is 14.6. The van der Waals surface area contributed by atoms with Crippen LogP contribution in [0.1, 0.15) is 18.9 Å². The van der Waals surface area contributed by atoms with Crippen LogP contribution in [0, 0.1) is 5.41 Å². The van der Waals surface area contributed by atoms with Gasteiger partial charge in [-0.25, -0.2) is 4.39 Å². The number of likely N-dealkylation sites (tertiary alicyclic amines) is 1. The minimum atomic E-state index is -0.776. The van der Waals surface area contributed by atoms with Crippen LogP contribution in [0.2, 0.25) is 0 Å². The molecule has 1 heterocycles. The van der Waals surface area contributed by atoms with Crippen LogP contribution >= 0.6 is 0 Å². The normalized spacial score (nSPS) is 24.9. The van der Waals surface area contributed by atoms with Gasteiger partial charge in [0.1, 0.15) is 6.17 Å². The van der Waals surface area contributed by atoms with Crippen LogP contribution in [-0.2, 0) is 6.54 Å². The van der Waals surface area contributed by atoms with Crippen molar-refractivity contribution < 1.29 is 4.39 Å². The third-order valence-electron chi connectivity index (χ3n) is 5.22. The van der Waals surface area contributed by atoms with Crippen molar-refractivity contribution in [3.8, 4) is 11.1 Å². The fraction of sp³-hybridized carbons (Fsp3) is 0.429. The lowest BCUT2D eigenvalue weighted by molar-refractivity contribution is 0.0172. The topological polar surface area (TPSA) is 15.3 Å². The van der Waals surface area contributed by atoms with E-state index in [1.807, 2.05) is 13.1 Å². The van der Waals surface area contributed by atoms with Gasteiger partial charge in [0.2, 0.25) is 0 Å². The summed E-state index contributed by atoms with van der Waals surface area (Å²) >= 11 is 0. The van der Waals surface area contributed by atoms with Gasteiger partial charge in [-0.3, -0.25) is 4.90 Å². The summed E-state index contributed by atoms with van der Waals surface area (Å²) in [5.74, 6) is 0. The summed E-state index contributed by atoms with van der Waals surface area (Å²) in [6, 6.07) is 19.0. The van der Waals surface area contributed by atoms with Gasteiger partial charge in [0.25, 0.3) is 0 Å². The Morgan fingerprint density at radius 1 is 1.08 bits per heavy atom. The first kappa shape index (κ1) is 17.1. The first-order valence-electron chi connectivity index (χ1n) is 8.76. The molecule has 0 radical (unpaired) electrons. The third-order valence-corrected chi connectivity index (χ3v) is 5.22. The average molecular weight is 326 g/mol. The number of hydrogen-bond acceptors (Lipinski definition) is 2. The average Bonchev–Trinajstić information content (AvgIpc) is 2.60. The van der Waals surface area contributed by atoms with Gasteiger partial charge in [-0.2, -0.15) is 0 Å². The summed E-state index contributed by atoms with van der Waals surface area (Å²) in [6.45, 7) is 5.11. The molecule has 0 spiro atoms. The molecule has 1 saturated heterocycles. The highest BCUT2D eigenvalue weighted by molar-refractivity contribution is 5.63. The van der Waals surface area contributed by atoms with E-state index in [0.717, 1.165) is 26.1 Å². The Morgan fingerprint density at radius 3 is 2.38 bits per heavy atom. The van der Waals surface area contributed by atoms with E-state index in [4.69, 9.17) is 0 Å². The summed E-state index contributed by atoms with van der Waals surface area (Å²) in [5, 5.41) is 3.14. The van der Waals surface area contributed by atoms with E-state index < -0.39 is 6.17 Å². The number of hydrogen-bond donors (Lipinski definition) is 1. The fourth-order valence-corrected chi connectivity index (χ4v) is 3.55. The Kier molecular flexibility index (Phi) is 5.32. The van der Waals surface area contributed by atoms with E-state index in [2.05, 4.69) is 65.7 Å². The second-order valence-corrected chi connectivity index (χ2v) is 7.20. The molecule has 2 atom stereocenters. The minimum absolute atomic E-state index is 0.234. The Labute approximate surface area is 144 Å². The van der Waals surface area contributed by atoms with Crippen molar-refractivity contribution in [1.29, 1.82) is 0 Å². The molecule has 1 N–H and O–H groups in total. The summed E-state index contributed by atoms with van der Waals surface area (Å²) < 4.78 is 14.6. The zero-order valence-electron chi connectivity index (χ0n) is 14.6. The molecular weight excluding hydrogens is 299 g/mol. The minimum Gasteiger partial charge on any atom is -0.319 e. The van der Waals surface area contributed by atoms with E-state index >= 15 is 0 Å². The Morgan fingerprint density at radius 2 is 1.75 bits per heavy atom. The van der Waals surface area contributed by atoms with Crippen LogP contribution in [0.15, 0.2) is 54.6 Å². The van der Waals surface area contributed by atoms with E-state index in [1.54, 1.807) is 0 Å². The largest absolute Gasteiger partial charge is 0.319 e. The molecule has 1 fully saturated rings. The Hall–Kier alpha value is -1.71. The predicted octanol–water partition coefficient (Wildman–Crippen LogP) is 4.12. The van der Waals surface area contributed by atoms with Gasteiger partial charge in [0.15, 0.2) is 0 Å². The van der Waals surface area contributed by atoms with Crippen LogP contribution in [0.4, 0.5) is 4.39 Å². The molecule has 128 valence electrons. The van der Waals surface area contributed by atoms with Crippen molar-refractivity contribution in [2.75, 3.05) is 26.7 Å². The van der Waals surface area contributed by atoms with Crippen molar-refractivity contribution in [3.63, 3.8) is 0 Å². The Bertz CT molecular complexity index is 641. The van der Waals surface area contributed by atoms with E-state index in [-0.39, 0.29) is 5.41 Å². The van der Waals surface area contributed by atoms with Gasteiger partial charge < -0.3 is 5.32 Å². The van der Waals surface area contributed by atoms with Gasteiger partial charge >= 0.3 is 0 Å². The first-order valence-corrected chi connectivity index (χ1v) is 8.76. The number of halogens is 1. The van der Waals surface area contributed by atoms with Crippen LogP contribution < -0.4 is 5.32 Å². The summed E-state index contributed by atoms with van der Waals surface area (Å²) in [4.78, 5) is 2.24. The lowest BCUT2D eigenvalue weighted by Gasteiger charge is -2.42. The Balaban J connectivity index is 1.61. The van der Waals surface area contributed by atoms with Crippen LogP contribution in [0.5, 0.6) is 0 Å². The quantitative estimate of drug-likeness (QED) is 0.889. The summed E-state index contributed by atoms with van der Waals surface area (Å²) in [5.41, 5.74) is 3.47. The predicted molar refractivity (Wildman–Crippen MR) is 98.7 cm³/mol. The summed E-state index contributed by atoms with van der Waals surface area (Å²) in [6.07, 6.45) is 0.124. The van der Waals surface area contributed by atoms with Crippen LogP contribution in [-0.4, -0.2) is 37.8 Å². The highest BCUT2D eigenvalue weighted by atomic mass is 19.1. The molecule has 24 heavy (non-hydrogen) atoms.